The summed E-state index contributed by atoms with van der Waals surface area (Å²) >= 11 is 0. The maximum Gasteiger partial charge on any atom is 0.339 e. The van der Waals surface area contributed by atoms with Crippen LogP contribution in [0.3, 0.4) is 0 Å². The van der Waals surface area contributed by atoms with Gasteiger partial charge in [-0.1, -0.05) is 26.8 Å². The van der Waals surface area contributed by atoms with E-state index in [2.05, 4.69) is 33.9 Å². The Morgan fingerprint density at radius 1 is 1.13 bits per heavy atom. The number of hydrogen-bond donors (Lipinski definition) is 0. The van der Waals surface area contributed by atoms with Gasteiger partial charge in [0.15, 0.2) is 8.32 Å². The van der Waals surface area contributed by atoms with E-state index in [0.717, 1.165) is 24.6 Å². The molecule has 0 spiro atoms. The third-order valence-electron chi connectivity index (χ3n) is 5.69. The summed E-state index contributed by atoms with van der Waals surface area (Å²) in [5.74, 6) is -0.649. The number of ether oxygens (including phenoxy) is 1. The van der Waals surface area contributed by atoms with Gasteiger partial charge in [-0.2, -0.15) is 0 Å². The van der Waals surface area contributed by atoms with Crippen molar-refractivity contribution in [3.63, 3.8) is 0 Å². The molecule has 1 aliphatic carbocycles. The van der Waals surface area contributed by atoms with Crippen LogP contribution < -0.4 is 0 Å². The molecule has 0 bridgehead atoms. The van der Waals surface area contributed by atoms with E-state index in [9.17, 15) is 25.0 Å². The summed E-state index contributed by atoms with van der Waals surface area (Å²) in [6, 6.07) is 2.78. The molecule has 10 heteroatoms. The fourth-order valence-corrected chi connectivity index (χ4v) is 3.91. The number of non-ortho nitro benzene ring substituents is 2. The first-order valence-corrected chi connectivity index (χ1v) is 12.7. The number of hydrogen-bond acceptors (Lipinski definition) is 7. The normalized spacial score (nSPS) is 19.4. The number of allylic oxidation sites excluding steroid dienone is 1. The molecular formula is C20H28N2O7Si. The minimum atomic E-state index is -1.89. The predicted octanol–water partition coefficient (Wildman–Crippen LogP) is 5.02. The fourth-order valence-electron chi connectivity index (χ4n) is 2.82. The Bertz CT molecular complexity index is 829. The number of carbonyl (C=O) groups is 1. The maximum absolute atomic E-state index is 12.5. The van der Waals surface area contributed by atoms with Crippen molar-refractivity contribution in [2.45, 2.75) is 57.8 Å². The molecule has 0 saturated heterocycles. The van der Waals surface area contributed by atoms with Gasteiger partial charge in [0.2, 0.25) is 0 Å². The summed E-state index contributed by atoms with van der Waals surface area (Å²) in [4.78, 5) is 33.0. The van der Waals surface area contributed by atoms with Crippen molar-refractivity contribution in [3.8, 4) is 0 Å². The first-order chi connectivity index (χ1) is 13.8. The number of carbonyl (C=O) groups excluding carboxylic acids is 1. The van der Waals surface area contributed by atoms with Crippen LogP contribution in [-0.2, 0) is 9.16 Å². The largest absolute Gasteiger partial charge is 0.455 e. The maximum atomic E-state index is 12.5. The molecule has 0 aliphatic heterocycles. The first-order valence-electron chi connectivity index (χ1n) is 9.75. The average molecular weight is 437 g/mol. The van der Waals surface area contributed by atoms with Crippen LogP contribution in [0.4, 0.5) is 11.4 Å². The number of esters is 1. The second kappa shape index (κ2) is 9.05. The molecule has 1 aromatic carbocycles. The van der Waals surface area contributed by atoms with Crippen molar-refractivity contribution in [2.24, 2.45) is 5.92 Å². The predicted molar refractivity (Wildman–Crippen MR) is 114 cm³/mol. The summed E-state index contributed by atoms with van der Waals surface area (Å²) in [5, 5.41) is 22.1. The van der Waals surface area contributed by atoms with E-state index in [0.29, 0.717) is 13.0 Å². The van der Waals surface area contributed by atoms with Gasteiger partial charge in [-0.3, -0.25) is 20.2 Å². The van der Waals surface area contributed by atoms with Crippen LogP contribution in [0, 0.1) is 26.1 Å². The van der Waals surface area contributed by atoms with Crippen LogP contribution >= 0.6 is 0 Å². The number of nitro groups is 2. The van der Waals surface area contributed by atoms with Gasteiger partial charge in [-0.15, -0.1) is 0 Å². The lowest BCUT2D eigenvalue weighted by molar-refractivity contribution is -0.394. The summed E-state index contributed by atoms with van der Waals surface area (Å²) < 4.78 is 11.7. The molecule has 9 nitrogen and oxygen atoms in total. The molecule has 0 fully saturated rings. The van der Waals surface area contributed by atoms with E-state index in [4.69, 9.17) is 9.16 Å². The number of nitrogens with zero attached hydrogens (tertiary/aromatic N) is 2. The molecule has 0 unspecified atom stereocenters. The standard InChI is InChI=1S/C20H28N2O7Si/c1-20(2,3)30(4,5)28-13-14-7-6-8-18(9-14)29-19(23)15-10-16(21(24)25)12-17(11-15)22(26)27/h6,8,10-12,14,18H,7,9,13H2,1-5H3/t14-,18+/m0/s1. The van der Waals surface area contributed by atoms with Crippen LogP contribution in [0.1, 0.15) is 44.0 Å². The van der Waals surface area contributed by atoms with Gasteiger partial charge in [0, 0.05) is 18.7 Å². The molecule has 0 amide bonds. The van der Waals surface area contributed by atoms with E-state index in [1.54, 1.807) is 6.08 Å². The van der Waals surface area contributed by atoms with Crippen molar-refractivity contribution >= 4 is 25.7 Å². The fraction of sp³-hybridized carbons (Fsp3) is 0.550. The molecular weight excluding hydrogens is 408 g/mol. The number of benzene rings is 1. The summed E-state index contributed by atoms with van der Waals surface area (Å²) in [7, 11) is -1.89. The third-order valence-corrected chi connectivity index (χ3v) is 10.2. The molecule has 2 atom stereocenters. The zero-order valence-corrected chi connectivity index (χ0v) is 18.9. The van der Waals surface area contributed by atoms with E-state index < -0.39 is 41.6 Å². The molecule has 0 radical (unpaired) electrons. The van der Waals surface area contributed by atoms with Gasteiger partial charge in [-0.05, 0) is 43.0 Å². The molecule has 164 valence electrons. The monoisotopic (exact) mass is 436 g/mol. The van der Waals surface area contributed by atoms with E-state index in [1.807, 2.05) is 6.08 Å². The lowest BCUT2D eigenvalue weighted by Crippen LogP contribution is -2.42. The van der Waals surface area contributed by atoms with Crippen LogP contribution in [0.25, 0.3) is 0 Å². The molecule has 0 aromatic heterocycles. The van der Waals surface area contributed by atoms with Crippen molar-refractivity contribution in [2.75, 3.05) is 6.61 Å². The minimum Gasteiger partial charge on any atom is -0.455 e. The molecule has 0 heterocycles. The van der Waals surface area contributed by atoms with E-state index in [1.165, 1.54) is 0 Å². The highest BCUT2D eigenvalue weighted by molar-refractivity contribution is 6.74. The smallest absolute Gasteiger partial charge is 0.339 e. The Balaban J connectivity index is 2.06. The van der Waals surface area contributed by atoms with Crippen molar-refractivity contribution < 1.29 is 23.8 Å². The molecule has 0 saturated carbocycles. The second-order valence-electron chi connectivity index (χ2n) is 9.03. The molecule has 2 rings (SSSR count). The molecule has 1 aromatic rings. The van der Waals surface area contributed by atoms with Gasteiger partial charge in [-0.25, -0.2) is 4.79 Å². The van der Waals surface area contributed by atoms with E-state index >= 15 is 0 Å². The second-order valence-corrected chi connectivity index (χ2v) is 13.8. The highest BCUT2D eigenvalue weighted by Crippen LogP contribution is 2.37. The van der Waals surface area contributed by atoms with Gasteiger partial charge in [0.05, 0.1) is 21.5 Å². The van der Waals surface area contributed by atoms with Crippen molar-refractivity contribution in [1.29, 1.82) is 0 Å². The van der Waals surface area contributed by atoms with Crippen LogP contribution in [0.5, 0.6) is 0 Å². The van der Waals surface area contributed by atoms with Gasteiger partial charge in [0.1, 0.15) is 6.10 Å². The highest BCUT2D eigenvalue weighted by atomic mass is 28.4. The summed E-state index contributed by atoms with van der Waals surface area (Å²) in [5.41, 5.74) is -1.28. The SMILES string of the molecule is CC(C)(C)[Si](C)(C)OC[C@H]1CC=C[C@@H](OC(=O)c2cc([N+](=O)[O-])cc([N+](=O)[O-])c2)C1. The number of rotatable bonds is 7. The third kappa shape index (κ3) is 5.96. The minimum absolute atomic E-state index is 0.0973. The van der Waals surface area contributed by atoms with Crippen LogP contribution in [0.2, 0.25) is 18.1 Å². The van der Waals surface area contributed by atoms with Crippen LogP contribution in [0.15, 0.2) is 30.4 Å². The molecule has 1 aliphatic rings. The quantitative estimate of drug-likeness (QED) is 0.193. The van der Waals surface area contributed by atoms with Crippen molar-refractivity contribution in [3.05, 3.63) is 56.1 Å². The lowest BCUT2D eigenvalue weighted by atomic mass is 9.93. The van der Waals surface area contributed by atoms with Crippen molar-refractivity contribution in [1.82, 2.24) is 0 Å². The Kier molecular flexibility index (Phi) is 7.14. The number of nitro benzene ring substituents is 2. The van der Waals surface area contributed by atoms with E-state index in [-0.39, 0.29) is 16.5 Å². The van der Waals surface area contributed by atoms with Crippen LogP contribution in [-0.4, -0.2) is 36.8 Å². The molecule has 30 heavy (non-hydrogen) atoms. The molecule has 0 N–H and O–H groups in total. The zero-order chi connectivity index (χ0) is 22.7. The highest BCUT2D eigenvalue weighted by Gasteiger charge is 2.38. The summed E-state index contributed by atoms with van der Waals surface area (Å²) in [6.45, 7) is 11.4. The Morgan fingerprint density at radius 2 is 1.70 bits per heavy atom. The van der Waals surface area contributed by atoms with Gasteiger partial charge < -0.3 is 9.16 Å². The average Bonchev–Trinajstić information content (AvgIpc) is 2.65. The zero-order valence-electron chi connectivity index (χ0n) is 17.9. The van der Waals surface area contributed by atoms with Gasteiger partial charge >= 0.3 is 5.97 Å². The van der Waals surface area contributed by atoms with Gasteiger partial charge in [0.25, 0.3) is 11.4 Å². The Morgan fingerprint density at radius 3 is 2.20 bits per heavy atom. The summed E-state index contributed by atoms with van der Waals surface area (Å²) in [6.07, 6.45) is 4.56. The Hall–Kier alpha value is -2.59. The Labute approximate surface area is 176 Å². The lowest BCUT2D eigenvalue weighted by Gasteiger charge is -2.37. The first kappa shape index (κ1) is 23.7. The topological polar surface area (TPSA) is 122 Å².